The highest BCUT2D eigenvalue weighted by molar-refractivity contribution is 7.92. The van der Waals surface area contributed by atoms with Crippen LogP contribution in [0.4, 0.5) is 5.69 Å². The number of sulfone groups is 1. The summed E-state index contributed by atoms with van der Waals surface area (Å²) in [6, 6.07) is 7.74. The third-order valence-electron chi connectivity index (χ3n) is 4.64. The van der Waals surface area contributed by atoms with Crippen LogP contribution in [0.25, 0.3) is 0 Å². The minimum Gasteiger partial charge on any atom is -0.317 e. The summed E-state index contributed by atoms with van der Waals surface area (Å²) in [6.07, 6.45) is 2.69. The Balaban J connectivity index is 2.00. The van der Waals surface area contributed by atoms with Crippen LogP contribution in [0.2, 0.25) is 0 Å². The van der Waals surface area contributed by atoms with Crippen LogP contribution in [0.5, 0.6) is 0 Å². The molecule has 114 valence electrons. The Kier molecular flexibility index (Phi) is 3.53. The summed E-state index contributed by atoms with van der Waals surface area (Å²) < 4.78 is 23.4. The lowest BCUT2D eigenvalue weighted by Crippen LogP contribution is -2.58. The van der Waals surface area contributed by atoms with Crippen LogP contribution in [0, 0.1) is 0 Å². The van der Waals surface area contributed by atoms with E-state index in [4.69, 9.17) is 0 Å². The van der Waals surface area contributed by atoms with Gasteiger partial charge in [0.1, 0.15) is 0 Å². The minimum absolute atomic E-state index is 0.253. The molecule has 2 aliphatic heterocycles. The van der Waals surface area contributed by atoms with Crippen molar-refractivity contribution in [3.8, 4) is 0 Å². The fourth-order valence-corrected chi connectivity index (χ4v) is 4.74. The summed E-state index contributed by atoms with van der Waals surface area (Å²) in [4.78, 5) is 14.7. The van der Waals surface area contributed by atoms with Crippen LogP contribution in [0.15, 0.2) is 24.3 Å². The van der Waals surface area contributed by atoms with Gasteiger partial charge < -0.3 is 10.2 Å². The number of carbonyl (C=O) groups excluding carboxylic acids is 1. The zero-order valence-corrected chi connectivity index (χ0v) is 12.9. The predicted molar refractivity (Wildman–Crippen MR) is 82.2 cm³/mol. The number of piperidine rings is 1. The Morgan fingerprint density at radius 3 is 2.57 bits per heavy atom. The van der Waals surface area contributed by atoms with Crippen molar-refractivity contribution in [1.29, 1.82) is 0 Å². The summed E-state index contributed by atoms with van der Waals surface area (Å²) >= 11 is 0. The Hall–Kier alpha value is -1.40. The van der Waals surface area contributed by atoms with E-state index >= 15 is 0 Å². The molecule has 2 aliphatic rings. The molecule has 0 aliphatic carbocycles. The van der Waals surface area contributed by atoms with Gasteiger partial charge in [0.05, 0.1) is 0 Å². The highest BCUT2D eigenvalue weighted by Gasteiger charge is 2.51. The van der Waals surface area contributed by atoms with Gasteiger partial charge in [0, 0.05) is 18.5 Å². The number of rotatable bonds is 2. The third kappa shape index (κ3) is 2.26. The van der Waals surface area contributed by atoms with Gasteiger partial charge in [-0.25, -0.2) is 8.42 Å². The fraction of sp³-hybridized carbons (Fsp3) is 0.533. The number of para-hydroxylation sites is 1. The normalized spacial score (nSPS) is 21.1. The number of hydrogen-bond donors (Lipinski definition) is 1. The summed E-state index contributed by atoms with van der Waals surface area (Å²) in [5.74, 6) is -0.253. The molecule has 0 atom stereocenters. The monoisotopic (exact) mass is 308 g/mol. The maximum atomic E-state index is 13.1. The van der Waals surface area contributed by atoms with E-state index in [0.29, 0.717) is 32.5 Å². The topological polar surface area (TPSA) is 66.5 Å². The van der Waals surface area contributed by atoms with Crippen molar-refractivity contribution in [3.63, 3.8) is 0 Å². The maximum Gasteiger partial charge on any atom is 0.248 e. The van der Waals surface area contributed by atoms with Crippen LogP contribution in [0.3, 0.4) is 0 Å². The second kappa shape index (κ2) is 5.10. The number of hydrogen-bond acceptors (Lipinski definition) is 4. The number of nitrogens with one attached hydrogen (secondary N) is 1. The van der Waals surface area contributed by atoms with E-state index < -0.39 is 14.6 Å². The zero-order chi connectivity index (χ0) is 15.1. The lowest BCUT2D eigenvalue weighted by molar-refractivity contribution is -0.121. The van der Waals surface area contributed by atoms with E-state index in [-0.39, 0.29) is 5.91 Å². The van der Waals surface area contributed by atoms with Crippen LogP contribution in [0.1, 0.15) is 18.4 Å². The van der Waals surface area contributed by atoms with Crippen molar-refractivity contribution < 1.29 is 13.2 Å². The lowest BCUT2D eigenvalue weighted by atomic mass is 9.95. The van der Waals surface area contributed by atoms with Gasteiger partial charge >= 0.3 is 0 Å². The first-order valence-electron chi connectivity index (χ1n) is 7.26. The van der Waals surface area contributed by atoms with Crippen molar-refractivity contribution in [1.82, 2.24) is 5.32 Å². The number of fused-ring (bicyclic) bond motifs is 1. The summed E-state index contributed by atoms with van der Waals surface area (Å²) in [5, 5.41) is 3.14. The average Bonchev–Trinajstić information content (AvgIpc) is 2.90. The molecule has 1 aromatic carbocycles. The molecule has 1 amide bonds. The Labute approximate surface area is 125 Å². The molecular weight excluding hydrogens is 288 g/mol. The van der Waals surface area contributed by atoms with Crippen molar-refractivity contribution >= 4 is 21.4 Å². The number of anilines is 1. The van der Waals surface area contributed by atoms with Crippen LogP contribution >= 0.6 is 0 Å². The molecule has 0 saturated carbocycles. The van der Waals surface area contributed by atoms with Gasteiger partial charge in [-0.05, 0) is 44.0 Å². The first-order valence-corrected chi connectivity index (χ1v) is 9.15. The SMILES string of the molecule is CS(=O)(=O)C1(C(=O)N2CCc3ccccc32)CCNCC1. The molecule has 1 N–H and O–H groups in total. The van der Waals surface area contributed by atoms with Crippen LogP contribution < -0.4 is 10.2 Å². The first kappa shape index (κ1) is 14.5. The second-order valence-electron chi connectivity index (χ2n) is 5.85. The van der Waals surface area contributed by atoms with Gasteiger partial charge in [-0.1, -0.05) is 18.2 Å². The van der Waals surface area contributed by atoms with E-state index in [0.717, 1.165) is 17.7 Å². The van der Waals surface area contributed by atoms with Gasteiger partial charge in [-0.15, -0.1) is 0 Å². The zero-order valence-electron chi connectivity index (χ0n) is 12.1. The van der Waals surface area contributed by atoms with E-state index in [9.17, 15) is 13.2 Å². The Morgan fingerprint density at radius 2 is 1.90 bits per heavy atom. The Morgan fingerprint density at radius 1 is 1.24 bits per heavy atom. The maximum absolute atomic E-state index is 13.1. The molecule has 5 nitrogen and oxygen atoms in total. The summed E-state index contributed by atoms with van der Waals surface area (Å²) in [5.41, 5.74) is 1.98. The highest BCUT2D eigenvalue weighted by atomic mass is 32.2. The van der Waals surface area contributed by atoms with Crippen LogP contribution in [-0.2, 0) is 21.1 Å². The predicted octanol–water partition coefficient (Wildman–Crippen LogP) is 0.742. The molecule has 1 fully saturated rings. The average molecular weight is 308 g/mol. The second-order valence-corrected chi connectivity index (χ2v) is 8.18. The fourth-order valence-electron chi connectivity index (χ4n) is 3.37. The van der Waals surface area contributed by atoms with Gasteiger partial charge in [0.15, 0.2) is 14.6 Å². The van der Waals surface area contributed by atoms with Crippen LogP contribution in [-0.4, -0.2) is 45.0 Å². The Bertz CT molecular complexity index is 663. The molecule has 3 rings (SSSR count). The molecular formula is C15H20N2O3S. The summed E-state index contributed by atoms with van der Waals surface area (Å²) in [6.45, 7) is 1.70. The van der Waals surface area contributed by atoms with Gasteiger partial charge in [-0.2, -0.15) is 0 Å². The van der Waals surface area contributed by atoms with Crippen molar-refractivity contribution in [2.75, 3.05) is 30.8 Å². The quantitative estimate of drug-likeness (QED) is 0.875. The van der Waals surface area contributed by atoms with Crippen molar-refractivity contribution in [3.05, 3.63) is 29.8 Å². The number of nitrogens with zero attached hydrogens (tertiary/aromatic N) is 1. The largest absolute Gasteiger partial charge is 0.317 e. The number of amides is 1. The molecule has 0 aromatic heterocycles. The smallest absolute Gasteiger partial charge is 0.248 e. The third-order valence-corrected chi connectivity index (χ3v) is 6.65. The molecule has 6 heteroatoms. The molecule has 0 spiro atoms. The number of carbonyl (C=O) groups is 1. The van der Waals surface area contributed by atoms with Crippen molar-refractivity contribution in [2.45, 2.75) is 24.0 Å². The van der Waals surface area contributed by atoms with Gasteiger partial charge in [0.2, 0.25) is 5.91 Å². The standard InChI is InChI=1S/C15H20N2O3S/c1-21(19,20)15(7-9-16-10-8-15)14(18)17-11-6-12-4-2-3-5-13(12)17/h2-5,16H,6-11H2,1H3. The van der Waals surface area contributed by atoms with E-state index in [1.54, 1.807) is 4.90 Å². The van der Waals surface area contributed by atoms with E-state index in [2.05, 4.69) is 5.32 Å². The molecule has 1 saturated heterocycles. The van der Waals surface area contributed by atoms with E-state index in [1.165, 1.54) is 6.26 Å². The summed E-state index contributed by atoms with van der Waals surface area (Å²) in [7, 11) is -3.46. The molecule has 2 heterocycles. The molecule has 1 aromatic rings. The molecule has 0 bridgehead atoms. The molecule has 21 heavy (non-hydrogen) atoms. The first-order chi connectivity index (χ1) is 9.96. The minimum atomic E-state index is -3.46. The highest BCUT2D eigenvalue weighted by Crippen LogP contribution is 2.35. The van der Waals surface area contributed by atoms with Crippen molar-refractivity contribution in [2.24, 2.45) is 0 Å². The lowest BCUT2D eigenvalue weighted by Gasteiger charge is -2.37. The number of benzene rings is 1. The molecule has 0 radical (unpaired) electrons. The van der Waals surface area contributed by atoms with Gasteiger partial charge in [0.25, 0.3) is 0 Å². The molecule has 0 unspecified atom stereocenters. The van der Waals surface area contributed by atoms with Gasteiger partial charge in [-0.3, -0.25) is 4.79 Å². The van der Waals surface area contributed by atoms with E-state index in [1.807, 2.05) is 24.3 Å².